The van der Waals surface area contributed by atoms with Gasteiger partial charge in [-0.05, 0) is 61.8 Å². The normalized spacial score (nSPS) is 27.0. The van der Waals surface area contributed by atoms with Crippen LogP contribution in [-0.4, -0.2) is 23.3 Å². The average Bonchev–Trinajstić information content (AvgIpc) is 2.84. The summed E-state index contributed by atoms with van der Waals surface area (Å²) in [5.74, 6) is 2.44. The molecule has 1 fully saturated rings. The van der Waals surface area contributed by atoms with Gasteiger partial charge in [0.15, 0.2) is 0 Å². The van der Waals surface area contributed by atoms with E-state index in [9.17, 15) is 9.59 Å². The van der Waals surface area contributed by atoms with Crippen molar-refractivity contribution in [3.8, 4) is 0 Å². The van der Waals surface area contributed by atoms with E-state index in [0.717, 1.165) is 50.0 Å². The van der Waals surface area contributed by atoms with Crippen LogP contribution in [0.1, 0.15) is 61.7 Å². The Labute approximate surface area is 198 Å². The number of carbonyl (C=O) groups excluding carboxylic acids is 2. The topological polar surface area (TPSA) is 58.2 Å². The third kappa shape index (κ3) is 4.72. The highest BCUT2D eigenvalue weighted by molar-refractivity contribution is 7.99. The molecule has 2 heterocycles. The van der Waals surface area contributed by atoms with E-state index < -0.39 is 0 Å². The Kier molecular flexibility index (Phi) is 6.79. The Morgan fingerprint density at radius 2 is 1.03 bits per heavy atom. The minimum Gasteiger partial charge on any atom is -0.349 e. The van der Waals surface area contributed by atoms with E-state index in [0.29, 0.717) is 0 Å². The molecular formula is C26H30N2O2S2. The fraction of sp³-hybridized carbons (Fsp3) is 0.462. The highest BCUT2D eigenvalue weighted by Crippen LogP contribution is 2.38. The highest BCUT2D eigenvalue weighted by atomic mass is 32.2. The van der Waals surface area contributed by atoms with Crippen LogP contribution in [-0.2, 0) is 9.59 Å². The largest absolute Gasteiger partial charge is 0.349 e. The highest BCUT2D eigenvalue weighted by Gasteiger charge is 2.33. The Balaban J connectivity index is 1.14. The molecule has 4 nitrogen and oxygen atoms in total. The van der Waals surface area contributed by atoms with Crippen molar-refractivity contribution in [2.24, 2.45) is 11.8 Å². The van der Waals surface area contributed by atoms with E-state index in [4.69, 9.17) is 0 Å². The third-order valence-corrected chi connectivity index (χ3v) is 9.26. The number of hydrogen-bond acceptors (Lipinski definition) is 4. The first kappa shape index (κ1) is 21.9. The average molecular weight is 467 g/mol. The molecule has 1 aliphatic carbocycles. The summed E-state index contributed by atoms with van der Waals surface area (Å²) in [6.07, 6.45) is 5.14. The molecule has 0 radical (unpaired) electrons. The molecule has 168 valence electrons. The fourth-order valence-electron chi connectivity index (χ4n) is 5.18. The zero-order chi connectivity index (χ0) is 21.9. The van der Waals surface area contributed by atoms with Crippen LogP contribution in [0.25, 0.3) is 0 Å². The first-order valence-corrected chi connectivity index (χ1v) is 13.7. The number of nitrogens with one attached hydrogen (secondary N) is 2. The summed E-state index contributed by atoms with van der Waals surface area (Å²) in [7, 11) is 0. The van der Waals surface area contributed by atoms with Crippen LogP contribution >= 0.6 is 23.5 Å². The number of carbonyl (C=O) groups is 2. The summed E-state index contributed by atoms with van der Waals surface area (Å²) in [6, 6.07) is 17.0. The molecule has 0 aromatic heterocycles. The molecule has 0 unspecified atom stereocenters. The summed E-state index contributed by atoms with van der Waals surface area (Å²) in [6.45, 7) is 0. The SMILES string of the molecule is O=C(N[C@H]1CCSc2ccccc21)C1CCC(C(=O)N[C@H]2CCSc3ccccc32)CC1. The van der Waals surface area contributed by atoms with Gasteiger partial charge in [0.1, 0.15) is 0 Å². The molecular weight excluding hydrogens is 436 g/mol. The number of thioether (sulfide) groups is 2. The Bertz CT molecular complexity index is 908. The van der Waals surface area contributed by atoms with E-state index in [2.05, 4.69) is 59.2 Å². The van der Waals surface area contributed by atoms with Crippen molar-refractivity contribution in [2.45, 2.75) is 60.4 Å². The van der Waals surface area contributed by atoms with Crippen molar-refractivity contribution in [1.82, 2.24) is 10.6 Å². The first-order chi connectivity index (χ1) is 15.7. The lowest BCUT2D eigenvalue weighted by molar-refractivity contribution is -0.131. The van der Waals surface area contributed by atoms with Gasteiger partial charge >= 0.3 is 0 Å². The van der Waals surface area contributed by atoms with Gasteiger partial charge in [0.25, 0.3) is 0 Å². The van der Waals surface area contributed by atoms with Crippen LogP contribution in [0.5, 0.6) is 0 Å². The van der Waals surface area contributed by atoms with E-state index >= 15 is 0 Å². The number of hydrogen-bond donors (Lipinski definition) is 2. The third-order valence-electron chi connectivity index (χ3n) is 7.02. The maximum Gasteiger partial charge on any atom is 0.223 e. The number of benzene rings is 2. The van der Waals surface area contributed by atoms with E-state index in [1.165, 1.54) is 20.9 Å². The van der Waals surface area contributed by atoms with Crippen LogP contribution in [0.2, 0.25) is 0 Å². The Hall–Kier alpha value is -1.92. The van der Waals surface area contributed by atoms with Gasteiger partial charge in [0.05, 0.1) is 12.1 Å². The van der Waals surface area contributed by atoms with Gasteiger partial charge in [-0.2, -0.15) is 0 Å². The molecule has 5 rings (SSSR count). The number of rotatable bonds is 4. The minimum atomic E-state index is 0.0209. The van der Waals surface area contributed by atoms with Crippen molar-refractivity contribution in [2.75, 3.05) is 11.5 Å². The van der Waals surface area contributed by atoms with Gasteiger partial charge in [0, 0.05) is 33.1 Å². The summed E-state index contributed by atoms with van der Waals surface area (Å²) in [4.78, 5) is 28.5. The lowest BCUT2D eigenvalue weighted by Crippen LogP contribution is -2.40. The molecule has 2 N–H and O–H groups in total. The summed E-state index contributed by atoms with van der Waals surface area (Å²) < 4.78 is 0. The monoisotopic (exact) mass is 466 g/mol. The first-order valence-electron chi connectivity index (χ1n) is 11.7. The molecule has 3 aliphatic rings. The quantitative estimate of drug-likeness (QED) is 0.625. The fourth-order valence-corrected chi connectivity index (χ4v) is 7.43. The maximum atomic E-state index is 13.0. The molecule has 2 atom stereocenters. The van der Waals surface area contributed by atoms with E-state index in [-0.39, 0.29) is 35.7 Å². The molecule has 32 heavy (non-hydrogen) atoms. The smallest absolute Gasteiger partial charge is 0.223 e. The van der Waals surface area contributed by atoms with Gasteiger partial charge in [-0.3, -0.25) is 9.59 Å². The van der Waals surface area contributed by atoms with Crippen molar-refractivity contribution < 1.29 is 9.59 Å². The second-order valence-electron chi connectivity index (χ2n) is 9.02. The van der Waals surface area contributed by atoms with E-state index in [1.54, 1.807) is 0 Å². The van der Waals surface area contributed by atoms with Gasteiger partial charge in [-0.25, -0.2) is 0 Å². The predicted octanol–water partition coefficient (Wildman–Crippen LogP) is 5.50. The van der Waals surface area contributed by atoms with Crippen LogP contribution in [0, 0.1) is 11.8 Å². The van der Waals surface area contributed by atoms with E-state index in [1.807, 2.05) is 23.5 Å². The molecule has 2 aliphatic heterocycles. The van der Waals surface area contributed by atoms with Gasteiger partial charge in [-0.15, -0.1) is 23.5 Å². The number of amides is 2. The minimum absolute atomic E-state index is 0.0209. The predicted molar refractivity (Wildman–Crippen MR) is 131 cm³/mol. The summed E-state index contributed by atoms with van der Waals surface area (Å²) in [5, 5.41) is 6.62. The lowest BCUT2D eigenvalue weighted by atomic mass is 9.80. The summed E-state index contributed by atoms with van der Waals surface area (Å²) in [5.41, 5.74) is 2.49. The van der Waals surface area contributed by atoms with Crippen molar-refractivity contribution >= 4 is 35.3 Å². The van der Waals surface area contributed by atoms with Crippen molar-refractivity contribution in [3.63, 3.8) is 0 Å². The lowest BCUT2D eigenvalue weighted by Gasteiger charge is -2.32. The second kappa shape index (κ2) is 9.92. The molecule has 1 saturated carbocycles. The zero-order valence-corrected chi connectivity index (χ0v) is 19.9. The Morgan fingerprint density at radius 1 is 0.625 bits per heavy atom. The Morgan fingerprint density at radius 3 is 1.47 bits per heavy atom. The van der Waals surface area contributed by atoms with Crippen LogP contribution in [0.4, 0.5) is 0 Å². The molecule has 0 spiro atoms. The van der Waals surface area contributed by atoms with Gasteiger partial charge in [-0.1, -0.05) is 36.4 Å². The maximum absolute atomic E-state index is 13.0. The molecule has 2 aromatic carbocycles. The standard InChI is InChI=1S/C26H30N2O2S2/c29-25(27-21-13-15-31-23-7-3-1-5-19(21)23)17-9-11-18(12-10-17)26(30)28-22-14-16-32-24-8-4-2-6-20(22)24/h1-8,17-18,21-22H,9-16H2,(H,27,29)(H,28,30)/t17?,18?,21-,22-/m0/s1. The van der Waals surface area contributed by atoms with Crippen molar-refractivity contribution in [1.29, 1.82) is 0 Å². The second-order valence-corrected chi connectivity index (χ2v) is 11.3. The molecule has 2 amide bonds. The van der Waals surface area contributed by atoms with Gasteiger partial charge < -0.3 is 10.6 Å². The molecule has 0 saturated heterocycles. The summed E-state index contributed by atoms with van der Waals surface area (Å²) >= 11 is 3.74. The molecule has 0 bridgehead atoms. The number of fused-ring (bicyclic) bond motifs is 2. The van der Waals surface area contributed by atoms with Gasteiger partial charge in [0.2, 0.25) is 11.8 Å². The van der Waals surface area contributed by atoms with Crippen LogP contribution in [0.3, 0.4) is 0 Å². The van der Waals surface area contributed by atoms with Crippen molar-refractivity contribution in [3.05, 3.63) is 59.7 Å². The molecule has 6 heteroatoms. The molecule has 2 aromatic rings. The zero-order valence-electron chi connectivity index (χ0n) is 18.2. The van der Waals surface area contributed by atoms with Crippen LogP contribution in [0.15, 0.2) is 58.3 Å². The van der Waals surface area contributed by atoms with Crippen LogP contribution < -0.4 is 10.6 Å².